The summed E-state index contributed by atoms with van der Waals surface area (Å²) >= 11 is 0. The van der Waals surface area contributed by atoms with Gasteiger partial charge in [-0.1, -0.05) is 25.1 Å². The van der Waals surface area contributed by atoms with Crippen LogP contribution in [0.4, 0.5) is 0 Å². The fourth-order valence-corrected chi connectivity index (χ4v) is 1.97. The third-order valence-electron chi connectivity index (χ3n) is 3.02. The number of hydrogen-bond acceptors (Lipinski definition) is 2. The maximum atomic E-state index is 12.3. The molecule has 2 nitrogen and oxygen atoms in total. The van der Waals surface area contributed by atoms with Gasteiger partial charge in [0.25, 0.3) is 0 Å². The Hall–Kier alpha value is -2.09. The number of benzene rings is 2. The summed E-state index contributed by atoms with van der Waals surface area (Å²) in [6.45, 7) is 4.65. The maximum Gasteiger partial charge on any atom is 0.193 e. The van der Waals surface area contributed by atoms with Crippen LogP contribution >= 0.6 is 0 Å². The number of hydrogen-bond donors (Lipinski definition) is 0. The van der Waals surface area contributed by atoms with Crippen molar-refractivity contribution in [2.45, 2.75) is 20.3 Å². The van der Waals surface area contributed by atoms with E-state index in [0.717, 1.165) is 17.7 Å². The predicted octanol–water partition coefficient (Wildman–Crippen LogP) is 3.88. The zero-order chi connectivity index (χ0) is 13.7. The summed E-state index contributed by atoms with van der Waals surface area (Å²) in [5, 5.41) is 0. The van der Waals surface area contributed by atoms with Gasteiger partial charge in [0.05, 0.1) is 6.61 Å². The minimum atomic E-state index is 0.0540. The van der Waals surface area contributed by atoms with Gasteiger partial charge in [-0.15, -0.1) is 0 Å². The first kappa shape index (κ1) is 13.3. The molecule has 0 atom stereocenters. The van der Waals surface area contributed by atoms with E-state index in [-0.39, 0.29) is 5.78 Å². The second-order valence-electron chi connectivity index (χ2n) is 4.34. The molecule has 0 aromatic heterocycles. The van der Waals surface area contributed by atoms with Crippen LogP contribution in [0.15, 0.2) is 48.5 Å². The fourth-order valence-electron chi connectivity index (χ4n) is 1.97. The molecule has 2 aromatic carbocycles. The highest BCUT2D eigenvalue weighted by Gasteiger charge is 2.09. The second kappa shape index (κ2) is 6.19. The predicted molar refractivity (Wildman–Crippen MR) is 76.9 cm³/mol. The summed E-state index contributed by atoms with van der Waals surface area (Å²) in [5.41, 5.74) is 2.61. The van der Waals surface area contributed by atoms with Crippen LogP contribution in [-0.4, -0.2) is 12.4 Å². The molecule has 98 valence electrons. The Labute approximate surface area is 114 Å². The van der Waals surface area contributed by atoms with Crippen LogP contribution in [0.5, 0.6) is 5.75 Å². The average Bonchev–Trinajstić information content (AvgIpc) is 2.48. The number of aryl methyl sites for hydroxylation is 1. The molecule has 0 amide bonds. The first-order valence-corrected chi connectivity index (χ1v) is 6.61. The lowest BCUT2D eigenvalue weighted by atomic mass is 10.0. The summed E-state index contributed by atoms with van der Waals surface area (Å²) in [4.78, 5) is 12.3. The Bertz CT molecular complexity index is 556. The highest BCUT2D eigenvalue weighted by molar-refractivity contribution is 6.09. The largest absolute Gasteiger partial charge is 0.494 e. The Morgan fingerprint density at radius 1 is 1.00 bits per heavy atom. The van der Waals surface area contributed by atoms with Crippen molar-refractivity contribution in [3.8, 4) is 5.75 Å². The Morgan fingerprint density at radius 2 is 1.74 bits per heavy atom. The van der Waals surface area contributed by atoms with Gasteiger partial charge >= 0.3 is 0 Å². The van der Waals surface area contributed by atoms with Gasteiger partial charge in [-0.05, 0) is 49.2 Å². The molecule has 19 heavy (non-hydrogen) atoms. The summed E-state index contributed by atoms with van der Waals surface area (Å²) < 4.78 is 5.37. The molecule has 0 saturated heterocycles. The van der Waals surface area contributed by atoms with Crippen LogP contribution in [0.3, 0.4) is 0 Å². The first-order chi connectivity index (χ1) is 9.24. The van der Waals surface area contributed by atoms with Gasteiger partial charge in [0, 0.05) is 11.1 Å². The fraction of sp³-hybridized carbons (Fsp3) is 0.235. The van der Waals surface area contributed by atoms with Crippen molar-refractivity contribution < 1.29 is 9.53 Å². The quantitative estimate of drug-likeness (QED) is 0.757. The van der Waals surface area contributed by atoms with Gasteiger partial charge in [0.2, 0.25) is 0 Å². The highest BCUT2D eigenvalue weighted by Crippen LogP contribution is 2.16. The van der Waals surface area contributed by atoms with Crippen molar-refractivity contribution in [2.24, 2.45) is 0 Å². The zero-order valence-corrected chi connectivity index (χ0v) is 11.3. The van der Waals surface area contributed by atoms with Crippen LogP contribution in [-0.2, 0) is 6.42 Å². The van der Waals surface area contributed by atoms with Gasteiger partial charge in [0.15, 0.2) is 5.78 Å². The van der Waals surface area contributed by atoms with Gasteiger partial charge in [-0.25, -0.2) is 0 Å². The summed E-state index contributed by atoms with van der Waals surface area (Å²) in [7, 11) is 0. The number of ketones is 1. The van der Waals surface area contributed by atoms with E-state index in [4.69, 9.17) is 4.74 Å². The summed E-state index contributed by atoms with van der Waals surface area (Å²) in [6, 6.07) is 15.1. The zero-order valence-electron chi connectivity index (χ0n) is 11.3. The molecule has 2 aromatic rings. The van der Waals surface area contributed by atoms with Crippen molar-refractivity contribution in [1.82, 2.24) is 0 Å². The molecule has 0 spiro atoms. The molecule has 0 fully saturated rings. The lowest BCUT2D eigenvalue weighted by Gasteiger charge is -2.05. The van der Waals surface area contributed by atoms with Gasteiger partial charge < -0.3 is 4.74 Å². The molecule has 0 saturated carbocycles. The third kappa shape index (κ3) is 3.22. The minimum Gasteiger partial charge on any atom is -0.494 e. The van der Waals surface area contributed by atoms with E-state index >= 15 is 0 Å². The van der Waals surface area contributed by atoms with E-state index in [1.807, 2.05) is 55.5 Å². The number of carbonyl (C=O) groups is 1. The van der Waals surface area contributed by atoms with Crippen LogP contribution < -0.4 is 4.74 Å². The Morgan fingerprint density at radius 3 is 2.37 bits per heavy atom. The van der Waals surface area contributed by atoms with Crippen molar-refractivity contribution >= 4 is 5.78 Å². The Kier molecular flexibility index (Phi) is 4.35. The van der Waals surface area contributed by atoms with Crippen LogP contribution in [0.25, 0.3) is 0 Å². The number of ether oxygens (including phenoxy) is 1. The van der Waals surface area contributed by atoms with Crippen molar-refractivity contribution in [3.63, 3.8) is 0 Å². The van der Waals surface area contributed by atoms with Crippen molar-refractivity contribution in [1.29, 1.82) is 0 Å². The van der Waals surface area contributed by atoms with E-state index in [9.17, 15) is 4.79 Å². The van der Waals surface area contributed by atoms with E-state index in [1.165, 1.54) is 5.56 Å². The molecule has 0 aliphatic rings. The number of rotatable bonds is 5. The highest BCUT2D eigenvalue weighted by atomic mass is 16.5. The molecular weight excluding hydrogens is 236 g/mol. The van der Waals surface area contributed by atoms with Crippen LogP contribution in [0.2, 0.25) is 0 Å². The monoisotopic (exact) mass is 254 g/mol. The Balaban J connectivity index is 2.22. The van der Waals surface area contributed by atoms with E-state index < -0.39 is 0 Å². The SMILES string of the molecule is CCOc1ccc(C(=O)c2cccc(CC)c2)cc1. The minimum absolute atomic E-state index is 0.0540. The van der Waals surface area contributed by atoms with Gasteiger partial charge in [-0.3, -0.25) is 4.79 Å². The standard InChI is InChI=1S/C17H18O2/c1-3-13-6-5-7-15(12-13)17(18)14-8-10-16(11-9-14)19-4-2/h5-12H,3-4H2,1-2H3. The number of carbonyl (C=O) groups excluding carboxylic acids is 1. The van der Waals surface area contributed by atoms with Crippen molar-refractivity contribution in [3.05, 3.63) is 65.2 Å². The average molecular weight is 254 g/mol. The van der Waals surface area contributed by atoms with E-state index in [1.54, 1.807) is 0 Å². The van der Waals surface area contributed by atoms with Gasteiger partial charge in [-0.2, -0.15) is 0 Å². The molecule has 0 heterocycles. The summed E-state index contributed by atoms with van der Waals surface area (Å²) in [5.74, 6) is 0.847. The van der Waals surface area contributed by atoms with Crippen LogP contribution in [0, 0.1) is 0 Å². The topological polar surface area (TPSA) is 26.3 Å². The lowest BCUT2D eigenvalue weighted by Crippen LogP contribution is -2.02. The van der Waals surface area contributed by atoms with E-state index in [2.05, 4.69) is 6.92 Å². The molecule has 2 rings (SSSR count). The summed E-state index contributed by atoms with van der Waals surface area (Å²) in [6.07, 6.45) is 0.935. The molecule has 2 heteroatoms. The lowest BCUT2D eigenvalue weighted by molar-refractivity contribution is 0.103. The third-order valence-corrected chi connectivity index (χ3v) is 3.02. The van der Waals surface area contributed by atoms with E-state index in [0.29, 0.717) is 12.2 Å². The molecular formula is C17H18O2. The maximum absolute atomic E-state index is 12.3. The normalized spacial score (nSPS) is 10.2. The molecule has 0 aliphatic carbocycles. The second-order valence-corrected chi connectivity index (χ2v) is 4.34. The molecule has 0 radical (unpaired) electrons. The molecule has 0 aliphatic heterocycles. The first-order valence-electron chi connectivity index (χ1n) is 6.61. The molecule has 0 N–H and O–H groups in total. The molecule has 0 bridgehead atoms. The van der Waals surface area contributed by atoms with Crippen molar-refractivity contribution in [2.75, 3.05) is 6.61 Å². The van der Waals surface area contributed by atoms with Crippen LogP contribution in [0.1, 0.15) is 35.3 Å². The van der Waals surface area contributed by atoms with Gasteiger partial charge in [0.1, 0.15) is 5.75 Å². The molecule has 0 unspecified atom stereocenters. The smallest absolute Gasteiger partial charge is 0.193 e.